The van der Waals surface area contributed by atoms with Crippen LogP contribution in [0.3, 0.4) is 0 Å². The van der Waals surface area contributed by atoms with Gasteiger partial charge < -0.3 is 5.32 Å². The number of fused-ring (bicyclic) bond motifs is 2. The fourth-order valence-electron chi connectivity index (χ4n) is 4.54. The fraction of sp³-hybridized carbons (Fsp3) is 0.250. The molecule has 1 atom stereocenters. The summed E-state index contributed by atoms with van der Waals surface area (Å²) in [6, 6.07) is 18.2. The second-order valence-electron chi connectivity index (χ2n) is 8.99. The van der Waals surface area contributed by atoms with Gasteiger partial charge >= 0.3 is 0 Å². The number of aryl methyl sites for hydroxylation is 2. The summed E-state index contributed by atoms with van der Waals surface area (Å²) in [4.78, 5) is 19.6. The normalized spacial score (nSPS) is 15.2. The molecule has 2 aromatic carbocycles. The maximum atomic E-state index is 13.5. The smallest absolute Gasteiger partial charge is 0.257 e. The van der Waals surface area contributed by atoms with E-state index in [1.54, 1.807) is 11.3 Å². The van der Waals surface area contributed by atoms with Gasteiger partial charge in [-0.15, -0.1) is 11.3 Å². The SMILES string of the molecule is Cc1ccc(-c2cc(C(=O)Nc3sc4c(c3C#N)CC[C@H](C)C4)c3ccccc3n2)cc1C. The Balaban J connectivity index is 1.58. The van der Waals surface area contributed by atoms with Crippen molar-refractivity contribution in [3.05, 3.63) is 81.2 Å². The summed E-state index contributed by atoms with van der Waals surface area (Å²) in [6.45, 7) is 6.40. The van der Waals surface area contributed by atoms with Gasteiger partial charge in [-0.3, -0.25) is 4.79 Å². The van der Waals surface area contributed by atoms with Crippen molar-refractivity contribution in [1.82, 2.24) is 4.98 Å². The second kappa shape index (κ2) is 8.46. The Morgan fingerprint density at radius 3 is 2.76 bits per heavy atom. The first-order valence-corrected chi connectivity index (χ1v) is 12.1. The highest BCUT2D eigenvalue weighted by Crippen LogP contribution is 2.39. The minimum absolute atomic E-state index is 0.207. The molecule has 5 heteroatoms. The highest BCUT2D eigenvalue weighted by atomic mass is 32.1. The molecular weight excluding hydrogens is 426 g/mol. The average molecular weight is 452 g/mol. The van der Waals surface area contributed by atoms with Crippen molar-refractivity contribution in [2.24, 2.45) is 5.92 Å². The molecule has 0 saturated carbocycles. The lowest BCUT2D eigenvalue weighted by molar-refractivity contribution is 0.102. The van der Waals surface area contributed by atoms with Crippen LogP contribution in [0.2, 0.25) is 0 Å². The highest BCUT2D eigenvalue weighted by Gasteiger charge is 2.25. The van der Waals surface area contributed by atoms with Gasteiger partial charge in [-0.1, -0.05) is 37.3 Å². The number of nitriles is 1. The standard InChI is InChI=1S/C28H25N3OS/c1-16-8-11-21-23(15-29)28(33-26(21)12-16)31-27(32)22-14-25(19-10-9-17(2)18(3)13-19)30-24-7-5-4-6-20(22)24/h4-7,9-10,13-14,16H,8,11-12H2,1-3H3,(H,31,32)/t16-/m0/s1. The third-order valence-electron chi connectivity index (χ3n) is 6.61. The van der Waals surface area contributed by atoms with E-state index in [4.69, 9.17) is 4.98 Å². The van der Waals surface area contributed by atoms with Crippen LogP contribution in [0.1, 0.15) is 50.8 Å². The van der Waals surface area contributed by atoms with Crippen molar-refractivity contribution in [3.63, 3.8) is 0 Å². The molecule has 0 spiro atoms. The van der Waals surface area contributed by atoms with Crippen LogP contribution in [-0.4, -0.2) is 10.9 Å². The first-order valence-electron chi connectivity index (χ1n) is 11.3. The first kappa shape index (κ1) is 21.4. The number of nitrogens with zero attached hydrogens (tertiary/aromatic N) is 2. The molecule has 0 aliphatic heterocycles. The van der Waals surface area contributed by atoms with Gasteiger partial charge in [-0.05, 0) is 73.9 Å². The van der Waals surface area contributed by atoms with Gasteiger partial charge in [0.25, 0.3) is 5.91 Å². The quantitative estimate of drug-likeness (QED) is 0.371. The largest absolute Gasteiger partial charge is 0.312 e. The lowest BCUT2D eigenvalue weighted by atomic mass is 9.88. The zero-order chi connectivity index (χ0) is 23.1. The van der Waals surface area contributed by atoms with Gasteiger partial charge in [0, 0.05) is 15.8 Å². The number of nitrogens with one attached hydrogen (secondary N) is 1. The molecular formula is C28H25N3OS. The number of anilines is 1. The van der Waals surface area contributed by atoms with Crippen molar-refractivity contribution in [1.29, 1.82) is 5.26 Å². The first-order chi connectivity index (χ1) is 15.9. The molecule has 0 fully saturated rings. The van der Waals surface area contributed by atoms with Gasteiger partial charge in [-0.25, -0.2) is 4.98 Å². The molecule has 1 aliphatic rings. The van der Waals surface area contributed by atoms with Crippen LogP contribution in [0.5, 0.6) is 0 Å². The second-order valence-corrected chi connectivity index (χ2v) is 10.1. The summed E-state index contributed by atoms with van der Waals surface area (Å²) in [5, 5.41) is 14.4. The molecule has 0 bridgehead atoms. The number of carbonyl (C=O) groups is 1. The Hall–Kier alpha value is -3.49. The predicted octanol–water partition coefficient (Wildman–Crippen LogP) is 6.83. The maximum Gasteiger partial charge on any atom is 0.257 e. The number of thiophene rings is 1. The molecule has 5 rings (SSSR count). The van der Waals surface area contributed by atoms with E-state index < -0.39 is 0 Å². The number of rotatable bonds is 3. The molecule has 0 unspecified atom stereocenters. The van der Waals surface area contributed by atoms with Gasteiger partial charge in [0.15, 0.2) is 0 Å². The Morgan fingerprint density at radius 1 is 1.15 bits per heavy atom. The number of hydrogen-bond acceptors (Lipinski definition) is 4. The van der Waals surface area contributed by atoms with Crippen molar-refractivity contribution < 1.29 is 4.79 Å². The Bertz CT molecular complexity index is 1440. The molecule has 1 aliphatic carbocycles. The molecule has 0 saturated heterocycles. The number of carbonyl (C=O) groups excluding carboxylic acids is 1. The summed E-state index contributed by atoms with van der Waals surface area (Å²) in [5.74, 6) is 0.401. The number of para-hydroxylation sites is 1. The van der Waals surface area contributed by atoms with E-state index in [1.165, 1.54) is 16.0 Å². The molecule has 4 nitrogen and oxygen atoms in total. The third-order valence-corrected chi connectivity index (χ3v) is 7.78. The molecule has 4 aromatic rings. The molecule has 33 heavy (non-hydrogen) atoms. The van der Waals surface area contributed by atoms with Crippen LogP contribution in [0, 0.1) is 31.1 Å². The number of pyridine rings is 1. The zero-order valence-corrected chi connectivity index (χ0v) is 19.8. The van der Waals surface area contributed by atoms with E-state index in [9.17, 15) is 10.1 Å². The number of aromatic nitrogens is 1. The average Bonchev–Trinajstić information content (AvgIpc) is 3.15. The summed E-state index contributed by atoms with van der Waals surface area (Å²) in [7, 11) is 0. The fourth-order valence-corrected chi connectivity index (χ4v) is 5.90. The third kappa shape index (κ3) is 3.92. The van der Waals surface area contributed by atoms with Crippen molar-refractivity contribution in [2.75, 3.05) is 5.32 Å². The van der Waals surface area contributed by atoms with Crippen LogP contribution >= 0.6 is 11.3 Å². The van der Waals surface area contributed by atoms with Crippen molar-refractivity contribution in [3.8, 4) is 17.3 Å². The number of benzene rings is 2. The number of hydrogen-bond donors (Lipinski definition) is 1. The van der Waals surface area contributed by atoms with Gasteiger partial charge in [0.05, 0.1) is 22.3 Å². The lowest BCUT2D eigenvalue weighted by Gasteiger charge is -2.17. The monoisotopic (exact) mass is 451 g/mol. The van der Waals surface area contributed by atoms with Gasteiger partial charge in [0.1, 0.15) is 11.1 Å². The van der Waals surface area contributed by atoms with E-state index in [0.29, 0.717) is 22.0 Å². The topological polar surface area (TPSA) is 65.8 Å². The highest BCUT2D eigenvalue weighted by molar-refractivity contribution is 7.16. The minimum Gasteiger partial charge on any atom is -0.312 e. The molecule has 1 N–H and O–H groups in total. The predicted molar refractivity (Wildman–Crippen MR) is 135 cm³/mol. The molecule has 1 amide bonds. The molecule has 164 valence electrons. The zero-order valence-electron chi connectivity index (χ0n) is 19.0. The summed E-state index contributed by atoms with van der Waals surface area (Å²) >= 11 is 1.55. The summed E-state index contributed by atoms with van der Waals surface area (Å²) < 4.78 is 0. The van der Waals surface area contributed by atoms with E-state index in [-0.39, 0.29) is 5.91 Å². The van der Waals surface area contributed by atoms with E-state index in [0.717, 1.165) is 47.0 Å². The molecule has 0 radical (unpaired) electrons. The van der Waals surface area contributed by atoms with Crippen molar-refractivity contribution in [2.45, 2.75) is 40.0 Å². The number of amides is 1. The summed E-state index contributed by atoms with van der Waals surface area (Å²) in [6.07, 6.45) is 2.96. The van der Waals surface area contributed by atoms with Crippen LogP contribution < -0.4 is 5.32 Å². The van der Waals surface area contributed by atoms with Crippen LogP contribution in [0.15, 0.2) is 48.5 Å². The maximum absolute atomic E-state index is 13.5. The summed E-state index contributed by atoms with van der Waals surface area (Å²) in [5.41, 5.74) is 7.24. The van der Waals surface area contributed by atoms with Crippen LogP contribution in [-0.2, 0) is 12.8 Å². The van der Waals surface area contributed by atoms with E-state index >= 15 is 0 Å². The van der Waals surface area contributed by atoms with Gasteiger partial charge in [-0.2, -0.15) is 5.26 Å². The van der Waals surface area contributed by atoms with Crippen LogP contribution in [0.4, 0.5) is 5.00 Å². The van der Waals surface area contributed by atoms with E-state index in [1.807, 2.05) is 36.4 Å². The van der Waals surface area contributed by atoms with Crippen molar-refractivity contribution >= 4 is 33.1 Å². The Morgan fingerprint density at radius 2 is 1.97 bits per heavy atom. The lowest BCUT2D eigenvalue weighted by Crippen LogP contribution is -2.13. The van der Waals surface area contributed by atoms with Gasteiger partial charge in [0.2, 0.25) is 0 Å². The van der Waals surface area contributed by atoms with Crippen LogP contribution in [0.25, 0.3) is 22.2 Å². The Labute approximate surface area is 197 Å². The Kier molecular flexibility index (Phi) is 5.47. The van der Waals surface area contributed by atoms with E-state index in [2.05, 4.69) is 44.3 Å². The molecule has 2 aromatic heterocycles. The minimum atomic E-state index is -0.207. The molecule has 2 heterocycles.